The van der Waals surface area contributed by atoms with E-state index >= 15 is 0 Å². The van der Waals surface area contributed by atoms with Crippen LogP contribution in [-0.2, 0) is 9.53 Å². The van der Waals surface area contributed by atoms with Gasteiger partial charge in [0, 0.05) is 0 Å². The van der Waals surface area contributed by atoms with Crippen molar-refractivity contribution in [2.24, 2.45) is 0 Å². The molecule has 0 saturated carbocycles. The molecule has 1 aliphatic rings. The molecule has 0 bridgehead atoms. The fourth-order valence-corrected chi connectivity index (χ4v) is 1.55. The Labute approximate surface area is 99.9 Å². The summed E-state index contributed by atoms with van der Waals surface area (Å²) in [6.45, 7) is 4.25. The van der Waals surface area contributed by atoms with Crippen LogP contribution in [0, 0.1) is 11.8 Å². The minimum atomic E-state index is -1.01. The van der Waals surface area contributed by atoms with Crippen molar-refractivity contribution in [2.45, 2.75) is 19.4 Å². The lowest BCUT2D eigenvalue weighted by molar-refractivity contribution is -0.159. The summed E-state index contributed by atoms with van der Waals surface area (Å²) >= 11 is 0. The van der Waals surface area contributed by atoms with Crippen molar-refractivity contribution >= 4 is 12.0 Å². The van der Waals surface area contributed by atoms with Crippen LogP contribution in [0.4, 0.5) is 4.79 Å². The molecule has 0 unspecified atom stereocenters. The molecule has 6 heteroatoms. The zero-order chi connectivity index (χ0) is 12.9. The Balaban J connectivity index is 2.26. The molecule has 0 aromatic heterocycles. The SMILES string of the molecule is CC#CCNC(=O)N1CC(C)(OCC(=O)O)C1. The molecule has 0 radical (unpaired) electrons. The molecule has 1 rings (SSSR count). The third-order valence-corrected chi connectivity index (χ3v) is 2.39. The van der Waals surface area contributed by atoms with Crippen molar-refractivity contribution in [1.82, 2.24) is 10.2 Å². The fraction of sp³-hybridized carbons (Fsp3) is 0.636. The van der Waals surface area contributed by atoms with Crippen LogP contribution in [0.2, 0.25) is 0 Å². The average Bonchev–Trinajstić information content (AvgIpc) is 2.22. The number of aliphatic carboxylic acids is 1. The van der Waals surface area contributed by atoms with Gasteiger partial charge in [0.2, 0.25) is 0 Å². The molecule has 0 spiro atoms. The summed E-state index contributed by atoms with van der Waals surface area (Å²) in [6, 6.07) is -0.204. The van der Waals surface area contributed by atoms with Crippen molar-refractivity contribution < 1.29 is 19.4 Å². The number of carbonyl (C=O) groups is 2. The van der Waals surface area contributed by atoms with E-state index in [0.29, 0.717) is 19.6 Å². The molecule has 94 valence electrons. The Hall–Kier alpha value is -1.74. The molecule has 2 N–H and O–H groups in total. The lowest BCUT2D eigenvalue weighted by atomic mass is 9.97. The lowest BCUT2D eigenvalue weighted by Crippen LogP contribution is -2.65. The van der Waals surface area contributed by atoms with Crippen molar-refractivity contribution in [3.63, 3.8) is 0 Å². The van der Waals surface area contributed by atoms with Gasteiger partial charge in [-0.15, -0.1) is 5.92 Å². The first-order valence-corrected chi connectivity index (χ1v) is 5.25. The Morgan fingerprint density at radius 2 is 2.18 bits per heavy atom. The first-order valence-electron chi connectivity index (χ1n) is 5.25. The molecule has 0 aliphatic carbocycles. The van der Waals surface area contributed by atoms with E-state index in [0.717, 1.165) is 0 Å². The third-order valence-electron chi connectivity index (χ3n) is 2.39. The maximum Gasteiger partial charge on any atom is 0.329 e. The maximum absolute atomic E-state index is 11.5. The van der Waals surface area contributed by atoms with Crippen LogP contribution in [-0.4, -0.2) is 53.8 Å². The molecule has 0 aromatic carbocycles. The number of hydrogen-bond acceptors (Lipinski definition) is 3. The Morgan fingerprint density at radius 3 is 2.71 bits per heavy atom. The molecular weight excluding hydrogens is 224 g/mol. The predicted octanol–water partition coefficient (Wildman–Crippen LogP) is -0.105. The number of nitrogens with zero attached hydrogens (tertiary/aromatic N) is 1. The van der Waals surface area contributed by atoms with Gasteiger partial charge in [-0.05, 0) is 13.8 Å². The number of nitrogens with one attached hydrogen (secondary N) is 1. The Kier molecular flexibility index (Phi) is 4.35. The molecule has 17 heavy (non-hydrogen) atoms. The summed E-state index contributed by atoms with van der Waals surface area (Å²) in [5.41, 5.74) is -0.549. The molecular formula is C11H16N2O4. The van der Waals surface area contributed by atoms with Gasteiger partial charge in [-0.3, -0.25) is 0 Å². The Bertz CT molecular complexity index is 363. The smallest absolute Gasteiger partial charge is 0.329 e. The maximum atomic E-state index is 11.5. The number of rotatable bonds is 4. The van der Waals surface area contributed by atoms with E-state index < -0.39 is 11.6 Å². The first-order chi connectivity index (χ1) is 7.97. The highest BCUT2D eigenvalue weighted by Gasteiger charge is 2.42. The number of carboxylic acids is 1. The largest absolute Gasteiger partial charge is 0.480 e. The fourth-order valence-electron chi connectivity index (χ4n) is 1.55. The van der Waals surface area contributed by atoms with Crippen LogP contribution in [0.25, 0.3) is 0 Å². The van der Waals surface area contributed by atoms with Gasteiger partial charge < -0.3 is 20.1 Å². The second-order valence-corrected chi connectivity index (χ2v) is 4.07. The van der Waals surface area contributed by atoms with Gasteiger partial charge in [-0.2, -0.15) is 0 Å². The van der Waals surface area contributed by atoms with Crippen LogP contribution in [0.3, 0.4) is 0 Å². The molecule has 1 saturated heterocycles. The summed E-state index contributed by atoms with van der Waals surface area (Å²) in [4.78, 5) is 23.4. The highest BCUT2D eigenvalue weighted by molar-refractivity contribution is 5.75. The number of hydrogen-bond donors (Lipinski definition) is 2. The van der Waals surface area contributed by atoms with Gasteiger partial charge in [-0.1, -0.05) is 5.92 Å². The number of ether oxygens (including phenoxy) is 1. The minimum Gasteiger partial charge on any atom is -0.480 e. The van der Waals surface area contributed by atoms with Crippen molar-refractivity contribution in [1.29, 1.82) is 0 Å². The summed E-state index contributed by atoms with van der Waals surface area (Å²) in [5, 5.41) is 11.1. The lowest BCUT2D eigenvalue weighted by Gasteiger charge is -2.46. The molecule has 6 nitrogen and oxygen atoms in total. The van der Waals surface area contributed by atoms with E-state index in [2.05, 4.69) is 17.2 Å². The number of amides is 2. The zero-order valence-corrected chi connectivity index (χ0v) is 9.95. The number of urea groups is 1. The normalized spacial score (nSPS) is 16.5. The summed E-state index contributed by atoms with van der Waals surface area (Å²) in [5.74, 6) is 4.39. The predicted molar refractivity (Wildman–Crippen MR) is 60.4 cm³/mol. The second-order valence-electron chi connectivity index (χ2n) is 4.07. The summed E-state index contributed by atoms with van der Waals surface area (Å²) < 4.78 is 5.18. The van der Waals surface area contributed by atoms with E-state index in [4.69, 9.17) is 9.84 Å². The number of likely N-dealkylation sites (tertiary alicyclic amines) is 1. The van der Waals surface area contributed by atoms with Crippen molar-refractivity contribution in [3.05, 3.63) is 0 Å². The highest BCUT2D eigenvalue weighted by Crippen LogP contribution is 2.24. The van der Waals surface area contributed by atoms with E-state index in [1.54, 1.807) is 18.7 Å². The minimum absolute atomic E-state index is 0.204. The highest BCUT2D eigenvalue weighted by atomic mass is 16.5. The standard InChI is InChI=1S/C11H16N2O4/c1-3-4-5-12-10(16)13-7-11(2,8-13)17-6-9(14)15/h5-8H2,1-2H3,(H,12,16)(H,14,15). The van der Waals surface area contributed by atoms with Crippen LogP contribution in [0.15, 0.2) is 0 Å². The van der Waals surface area contributed by atoms with E-state index in [1.807, 2.05) is 0 Å². The average molecular weight is 240 g/mol. The number of carboxylic acid groups (broad SMARTS) is 1. The number of carbonyl (C=O) groups excluding carboxylic acids is 1. The zero-order valence-electron chi connectivity index (χ0n) is 9.95. The first kappa shape index (κ1) is 13.3. The van der Waals surface area contributed by atoms with Crippen LogP contribution in [0.5, 0.6) is 0 Å². The molecule has 1 aliphatic heterocycles. The molecule has 1 fully saturated rings. The van der Waals surface area contributed by atoms with Crippen LogP contribution in [0.1, 0.15) is 13.8 Å². The Morgan fingerprint density at radius 1 is 1.53 bits per heavy atom. The quantitative estimate of drug-likeness (QED) is 0.672. The molecule has 2 amide bonds. The van der Waals surface area contributed by atoms with Gasteiger partial charge >= 0.3 is 12.0 Å². The molecule has 0 aromatic rings. The van der Waals surface area contributed by atoms with Gasteiger partial charge in [0.25, 0.3) is 0 Å². The van der Waals surface area contributed by atoms with Crippen LogP contribution < -0.4 is 5.32 Å². The van der Waals surface area contributed by atoms with Crippen molar-refractivity contribution in [2.75, 3.05) is 26.2 Å². The molecule has 0 atom stereocenters. The van der Waals surface area contributed by atoms with E-state index in [1.165, 1.54) is 0 Å². The van der Waals surface area contributed by atoms with E-state index in [-0.39, 0.29) is 12.6 Å². The van der Waals surface area contributed by atoms with Crippen LogP contribution >= 0.6 is 0 Å². The topological polar surface area (TPSA) is 78.9 Å². The summed E-state index contributed by atoms with van der Waals surface area (Å²) in [7, 11) is 0. The van der Waals surface area contributed by atoms with Crippen molar-refractivity contribution in [3.8, 4) is 11.8 Å². The van der Waals surface area contributed by atoms with Gasteiger partial charge in [0.05, 0.1) is 19.6 Å². The summed E-state index contributed by atoms with van der Waals surface area (Å²) in [6.07, 6.45) is 0. The van der Waals surface area contributed by atoms with Gasteiger partial charge in [0.15, 0.2) is 0 Å². The molecule has 1 heterocycles. The van der Waals surface area contributed by atoms with Gasteiger partial charge in [-0.25, -0.2) is 9.59 Å². The van der Waals surface area contributed by atoms with E-state index in [9.17, 15) is 9.59 Å². The second kappa shape index (κ2) is 5.55. The monoisotopic (exact) mass is 240 g/mol. The van der Waals surface area contributed by atoms with Gasteiger partial charge in [0.1, 0.15) is 12.2 Å². The third kappa shape index (κ3) is 3.96.